The van der Waals surface area contributed by atoms with Gasteiger partial charge in [-0.25, -0.2) is 4.39 Å². The monoisotopic (exact) mass is 368 g/mol. The summed E-state index contributed by atoms with van der Waals surface area (Å²) in [5.41, 5.74) is 5.06. The van der Waals surface area contributed by atoms with Crippen molar-refractivity contribution in [1.29, 1.82) is 0 Å². The van der Waals surface area contributed by atoms with Crippen LogP contribution in [-0.2, 0) is 9.63 Å². The lowest BCUT2D eigenvalue weighted by Crippen LogP contribution is -2.10. The van der Waals surface area contributed by atoms with E-state index in [4.69, 9.17) is 9.82 Å². The Labute approximate surface area is 159 Å². The second kappa shape index (κ2) is 9.21. The number of oxime groups is 1. The summed E-state index contributed by atoms with van der Waals surface area (Å²) in [7, 11) is 1.48. The standard InChI is InChI=1S/C22H25FN2O2/c1-14(2)21-18(7-6-12-26)20(16-8-10-17(23)11-9-16)19(13-24-27-5)22(25-21)15(3)4/h6-15H,1-5H3/b7-6+,24-13?. The van der Waals surface area contributed by atoms with Gasteiger partial charge in [-0.15, -0.1) is 0 Å². The molecule has 5 heteroatoms. The zero-order chi connectivity index (χ0) is 20.0. The van der Waals surface area contributed by atoms with Gasteiger partial charge in [0.05, 0.1) is 17.6 Å². The van der Waals surface area contributed by atoms with Crippen LogP contribution >= 0.6 is 0 Å². The first kappa shape index (κ1) is 20.5. The molecule has 0 bridgehead atoms. The maximum Gasteiger partial charge on any atom is 0.142 e. The van der Waals surface area contributed by atoms with Gasteiger partial charge in [-0.1, -0.05) is 45.0 Å². The molecular formula is C22H25FN2O2. The number of benzene rings is 1. The number of hydrogen-bond acceptors (Lipinski definition) is 4. The van der Waals surface area contributed by atoms with Gasteiger partial charge < -0.3 is 4.84 Å². The maximum absolute atomic E-state index is 13.5. The number of halogens is 1. The van der Waals surface area contributed by atoms with Crippen LogP contribution in [0.4, 0.5) is 4.39 Å². The number of pyridine rings is 1. The number of carbonyl (C=O) groups excluding carboxylic acids is 1. The largest absolute Gasteiger partial charge is 0.399 e. The van der Waals surface area contributed by atoms with Crippen molar-refractivity contribution in [3.8, 4) is 11.1 Å². The van der Waals surface area contributed by atoms with Crippen LogP contribution < -0.4 is 0 Å². The molecule has 0 saturated carbocycles. The number of allylic oxidation sites excluding steroid dienone is 1. The van der Waals surface area contributed by atoms with Crippen LogP contribution in [0.25, 0.3) is 17.2 Å². The predicted molar refractivity (Wildman–Crippen MR) is 108 cm³/mol. The van der Waals surface area contributed by atoms with Crippen molar-refractivity contribution in [2.24, 2.45) is 5.16 Å². The lowest BCUT2D eigenvalue weighted by molar-refractivity contribution is -0.104. The SMILES string of the molecule is CON=Cc1c(C(C)C)nc(C(C)C)c(/C=C/C=O)c1-c1ccc(F)cc1. The molecule has 0 spiro atoms. The van der Waals surface area contributed by atoms with Gasteiger partial charge in [-0.05, 0) is 41.7 Å². The molecule has 4 nitrogen and oxygen atoms in total. The second-order valence-corrected chi connectivity index (χ2v) is 6.81. The highest BCUT2D eigenvalue weighted by atomic mass is 19.1. The van der Waals surface area contributed by atoms with E-state index in [2.05, 4.69) is 32.9 Å². The number of nitrogens with zero attached hydrogens (tertiary/aromatic N) is 2. The smallest absolute Gasteiger partial charge is 0.142 e. The van der Waals surface area contributed by atoms with Crippen molar-refractivity contribution < 1.29 is 14.0 Å². The first-order valence-electron chi connectivity index (χ1n) is 8.92. The molecule has 142 valence electrons. The molecule has 0 atom stereocenters. The predicted octanol–water partition coefficient (Wildman–Crippen LogP) is 5.33. The van der Waals surface area contributed by atoms with Crippen LogP contribution in [-0.4, -0.2) is 24.6 Å². The fraction of sp³-hybridized carbons (Fsp3) is 0.318. The first-order valence-corrected chi connectivity index (χ1v) is 8.92. The molecule has 1 aromatic carbocycles. The minimum absolute atomic E-state index is 0.140. The molecule has 0 fully saturated rings. The number of aromatic nitrogens is 1. The summed E-state index contributed by atoms with van der Waals surface area (Å²) in [6.45, 7) is 8.24. The molecule has 27 heavy (non-hydrogen) atoms. The van der Waals surface area contributed by atoms with Gasteiger partial charge in [0.1, 0.15) is 19.2 Å². The highest BCUT2D eigenvalue weighted by Gasteiger charge is 2.22. The third-order valence-electron chi connectivity index (χ3n) is 4.19. The number of rotatable bonds is 7. The van der Waals surface area contributed by atoms with E-state index >= 15 is 0 Å². The van der Waals surface area contributed by atoms with E-state index in [1.807, 2.05) is 0 Å². The minimum Gasteiger partial charge on any atom is -0.399 e. The van der Waals surface area contributed by atoms with Crippen molar-refractivity contribution in [1.82, 2.24) is 4.98 Å². The lowest BCUT2D eigenvalue weighted by Gasteiger charge is -2.21. The maximum atomic E-state index is 13.5. The molecule has 2 aromatic rings. The Morgan fingerprint density at radius 3 is 2.15 bits per heavy atom. The van der Waals surface area contributed by atoms with E-state index in [0.717, 1.165) is 39.9 Å². The summed E-state index contributed by atoms with van der Waals surface area (Å²) in [5, 5.41) is 3.95. The van der Waals surface area contributed by atoms with Crippen LogP contribution in [0, 0.1) is 5.82 Å². The number of hydrogen-bond donors (Lipinski definition) is 0. The normalized spacial score (nSPS) is 11.9. The Morgan fingerprint density at radius 1 is 1.04 bits per heavy atom. The van der Waals surface area contributed by atoms with E-state index in [-0.39, 0.29) is 17.7 Å². The summed E-state index contributed by atoms with van der Waals surface area (Å²) in [4.78, 5) is 20.8. The van der Waals surface area contributed by atoms with Gasteiger partial charge in [0.15, 0.2) is 0 Å². The van der Waals surface area contributed by atoms with E-state index in [1.54, 1.807) is 24.4 Å². The Balaban J connectivity index is 2.98. The average Bonchev–Trinajstić information content (AvgIpc) is 2.64. The van der Waals surface area contributed by atoms with Gasteiger partial charge in [0, 0.05) is 16.7 Å². The molecule has 2 rings (SSSR count). The molecule has 0 radical (unpaired) electrons. The Kier molecular flexibility index (Phi) is 6.99. The van der Waals surface area contributed by atoms with E-state index in [0.29, 0.717) is 0 Å². The quantitative estimate of drug-likeness (QED) is 0.287. The molecule has 0 aliphatic rings. The lowest BCUT2D eigenvalue weighted by atomic mass is 9.87. The Morgan fingerprint density at radius 2 is 1.63 bits per heavy atom. The van der Waals surface area contributed by atoms with Crippen molar-refractivity contribution in [3.63, 3.8) is 0 Å². The summed E-state index contributed by atoms with van der Waals surface area (Å²) in [5.74, 6) is -0.0245. The first-order chi connectivity index (χ1) is 12.9. The van der Waals surface area contributed by atoms with Gasteiger partial charge >= 0.3 is 0 Å². The van der Waals surface area contributed by atoms with Crippen molar-refractivity contribution in [3.05, 3.63) is 58.7 Å². The van der Waals surface area contributed by atoms with Crippen LogP contribution in [0.2, 0.25) is 0 Å². The molecule has 0 aliphatic heterocycles. The summed E-state index contributed by atoms with van der Waals surface area (Å²) < 4.78 is 13.5. The molecule has 0 saturated heterocycles. The highest BCUT2D eigenvalue weighted by molar-refractivity contribution is 5.96. The summed E-state index contributed by atoms with van der Waals surface area (Å²) in [6, 6.07) is 6.29. The van der Waals surface area contributed by atoms with Gasteiger partial charge in [0.25, 0.3) is 0 Å². The van der Waals surface area contributed by atoms with Crippen molar-refractivity contribution >= 4 is 18.6 Å². The van der Waals surface area contributed by atoms with E-state index in [1.165, 1.54) is 25.3 Å². The molecular weight excluding hydrogens is 343 g/mol. The van der Waals surface area contributed by atoms with Gasteiger partial charge in [0.2, 0.25) is 0 Å². The highest BCUT2D eigenvalue weighted by Crippen LogP contribution is 2.36. The average molecular weight is 368 g/mol. The summed E-state index contributed by atoms with van der Waals surface area (Å²) in [6.07, 6.45) is 5.56. The van der Waals surface area contributed by atoms with Crippen molar-refractivity contribution in [2.45, 2.75) is 39.5 Å². The Hall–Kier alpha value is -2.82. The fourth-order valence-electron chi connectivity index (χ4n) is 3.00. The van der Waals surface area contributed by atoms with Crippen LogP contribution in [0.15, 0.2) is 35.5 Å². The Bertz CT molecular complexity index is 854. The molecule has 0 aliphatic carbocycles. The van der Waals surface area contributed by atoms with Gasteiger partial charge in [-0.2, -0.15) is 0 Å². The molecule has 1 aromatic heterocycles. The topological polar surface area (TPSA) is 51.6 Å². The minimum atomic E-state index is -0.307. The van der Waals surface area contributed by atoms with E-state index in [9.17, 15) is 9.18 Å². The zero-order valence-electron chi connectivity index (χ0n) is 16.4. The fourth-order valence-corrected chi connectivity index (χ4v) is 3.00. The third kappa shape index (κ3) is 4.67. The van der Waals surface area contributed by atoms with Crippen LogP contribution in [0.5, 0.6) is 0 Å². The molecule has 1 heterocycles. The third-order valence-corrected chi connectivity index (χ3v) is 4.19. The van der Waals surface area contributed by atoms with E-state index < -0.39 is 0 Å². The van der Waals surface area contributed by atoms with Crippen LogP contribution in [0.1, 0.15) is 62.0 Å². The van der Waals surface area contributed by atoms with Crippen LogP contribution in [0.3, 0.4) is 0 Å². The second-order valence-electron chi connectivity index (χ2n) is 6.81. The molecule has 0 amide bonds. The number of aldehydes is 1. The zero-order valence-corrected chi connectivity index (χ0v) is 16.4. The molecule has 0 unspecified atom stereocenters. The molecule has 0 N–H and O–H groups in total. The van der Waals surface area contributed by atoms with Gasteiger partial charge in [-0.3, -0.25) is 9.78 Å². The summed E-state index contributed by atoms with van der Waals surface area (Å²) >= 11 is 0. The van der Waals surface area contributed by atoms with Crippen molar-refractivity contribution in [2.75, 3.05) is 7.11 Å². The number of carbonyl (C=O) groups is 1.